The van der Waals surface area contributed by atoms with E-state index in [-0.39, 0.29) is 24.0 Å². The fourth-order valence-electron chi connectivity index (χ4n) is 0.583. The van der Waals surface area contributed by atoms with Gasteiger partial charge in [0.1, 0.15) is 0 Å². The van der Waals surface area contributed by atoms with Crippen LogP contribution in [-0.4, -0.2) is 22.5 Å². The lowest BCUT2D eigenvalue weighted by Gasteiger charge is -1.89. The Bertz CT molecular complexity index is 150. The van der Waals surface area contributed by atoms with E-state index < -0.39 is 0 Å². The van der Waals surface area contributed by atoms with E-state index in [1.165, 1.54) is 0 Å². The number of hydrogen-bond acceptors (Lipinski definition) is 1. The van der Waals surface area contributed by atoms with Crippen molar-refractivity contribution >= 4 is 17.4 Å². The molecule has 0 fully saturated rings. The van der Waals surface area contributed by atoms with Crippen molar-refractivity contribution in [1.82, 2.24) is 0 Å². The van der Waals surface area contributed by atoms with Crippen LogP contribution in [0.1, 0.15) is 5.56 Å². The topological polar surface area (TPSA) is 20.2 Å². The third-order valence-corrected chi connectivity index (χ3v) is 1.03. The average molecular weight is 138 g/mol. The minimum absolute atomic E-state index is 0. The fraction of sp³-hybridized carbons (Fsp3) is 0.143. The molecule has 0 aliphatic heterocycles. The molecule has 0 aliphatic carbocycles. The molecule has 0 atom stereocenters. The van der Waals surface area contributed by atoms with Crippen molar-refractivity contribution in [3.05, 3.63) is 35.9 Å². The summed E-state index contributed by atoms with van der Waals surface area (Å²) in [6.07, 6.45) is 0. The lowest BCUT2D eigenvalue weighted by Crippen LogP contribution is -1.77. The first-order valence-corrected chi connectivity index (χ1v) is 2.58. The molecule has 9 heavy (non-hydrogen) atoms. The summed E-state index contributed by atoms with van der Waals surface area (Å²) in [7, 11) is 0. The summed E-state index contributed by atoms with van der Waals surface area (Å²) in [6.45, 7) is 0.140. The van der Waals surface area contributed by atoms with Gasteiger partial charge in [-0.05, 0) is 5.56 Å². The van der Waals surface area contributed by atoms with Gasteiger partial charge in [0.05, 0.1) is 6.61 Å². The molecule has 0 unspecified atom stereocenters. The minimum atomic E-state index is 0. The summed E-state index contributed by atoms with van der Waals surface area (Å²) in [5.41, 5.74) is 0.965. The van der Waals surface area contributed by atoms with Crippen LogP contribution >= 0.6 is 0 Å². The molecular formula is C7H11AlO. The van der Waals surface area contributed by atoms with Crippen LogP contribution < -0.4 is 0 Å². The highest BCUT2D eigenvalue weighted by Crippen LogP contribution is 1.95. The SMILES string of the molecule is OCc1ccccc1.[AlH3]. The van der Waals surface area contributed by atoms with E-state index in [1.54, 1.807) is 0 Å². The zero-order valence-corrected chi connectivity index (χ0v) is 4.54. The standard InChI is InChI=1S/C7H8O.Al.3H/c8-6-7-4-2-1-3-5-7;;;;/h1-5,8H,6H2;;;;. The van der Waals surface area contributed by atoms with Crippen LogP contribution in [0.2, 0.25) is 0 Å². The Labute approximate surface area is 65.5 Å². The first-order valence-electron chi connectivity index (χ1n) is 2.58. The van der Waals surface area contributed by atoms with Crippen LogP contribution in [0.5, 0.6) is 0 Å². The van der Waals surface area contributed by atoms with Gasteiger partial charge in [0.15, 0.2) is 17.4 Å². The second-order valence-electron chi connectivity index (χ2n) is 1.64. The molecular weight excluding hydrogens is 127 g/mol. The number of aliphatic hydroxyl groups excluding tert-OH is 1. The van der Waals surface area contributed by atoms with Crippen LogP contribution in [0.15, 0.2) is 30.3 Å². The van der Waals surface area contributed by atoms with Gasteiger partial charge < -0.3 is 5.11 Å². The molecule has 0 saturated carbocycles. The van der Waals surface area contributed by atoms with E-state index in [0.717, 1.165) is 5.56 Å². The van der Waals surface area contributed by atoms with E-state index >= 15 is 0 Å². The Morgan fingerprint density at radius 2 is 1.67 bits per heavy atom. The summed E-state index contributed by atoms with van der Waals surface area (Å²) in [6, 6.07) is 9.52. The molecule has 0 aromatic heterocycles. The van der Waals surface area contributed by atoms with Crippen molar-refractivity contribution in [2.24, 2.45) is 0 Å². The van der Waals surface area contributed by atoms with E-state index in [9.17, 15) is 0 Å². The summed E-state index contributed by atoms with van der Waals surface area (Å²) < 4.78 is 0. The molecule has 1 rings (SSSR count). The molecule has 0 amide bonds. The molecule has 0 heterocycles. The van der Waals surface area contributed by atoms with Gasteiger partial charge in [-0.15, -0.1) is 0 Å². The van der Waals surface area contributed by atoms with Crippen molar-refractivity contribution in [3.8, 4) is 0 Å². The van der Waals surface area contributed by atoms with E-state index in [1.807, 2.05) is 30.3 Å². The largest absolute Gasteiger partial charge is 0.392 e. The highest BCUT2D eigenvalue weighted by atomic mass is 27.0. The van der Waals surface area contributed by atoms with Crippen molar-refractivity contribution in [1.29, 1.82) is 0 Å². The number of aliphatic hydroxyl groups is 1. The Kier molecular flexibility index (Phi) is 4.43. The maximum Gasteiger partial charge on any atom is 0.187 e. The summed E-state index contributed by atoms with van der Waals surface area (Å²) in [4.78, 5) is 0. The third kappa shape index (κ3) is 2.67. The molecule has 0 bridgehead atoms. The maximum atomic E-state index is 8.54. The van der Waals surface area contributed by atoms with Crippen LogP contribution in [0.4, 0.5) is 0 Å². The predicted molar refractivity (Wildman–Crippen MR) is 42.3 cm³/mol. The van der Waals surface area contributed by atoms with Crippen molar-refractivity contribution in [2.75, 3.05) is 0 Å². The third-order valence-electron chi connectivity index (χ3n) is 1.03. The minimum Gasteiger partial charge on any atom is -0.392 e. The van der Waals surface area contributed by atoms with Gasteiger partial charge in [-0.1, -0.05) is 30.3 Å². The van der Waals surface area contributed by atoms with Gasteiger partial charge in [0.25, 0.3) is 0 Å². The molecule has 0 saturated heterocycles. The first-order chi connectivity index (χ1) is 3.93. The van der Waals surface area contributed by atoms with Gasteiger partial charge in [-0.3, -0.25) is 0 Å². The molecule has 1 aromatic rings. The fourth-order valence-corrected chi connectivity index (χ4v) is 0.583. The maximum absolute atomic E-state index is 8.54. The van der Waals surface area contributed by atoms with E-state index in [4.69, 9.17) is 5.11 Å². The highest BCUT2D eigenvalue weighted by Gasteiger charge is 1.81. The van der Waals surface area contributed by atoms with Crippen LogP contribution in [0.3, 0.4) is 0 Å². The molecule has 0 aliphatic rings. The number of hydrogen-bond donors (Lipinski definition) is 1. The quantitative estimate of drug-likeness (QED) is 0.541. The zero-order chi connectivity index (χ0) is 5.82. The second-order valence-corrected chi connectivity index (χ2v) is 1.64. The molecule has 0 radical (unpaired) electrons. The van der Waals surface area contributed by atoms with Gasteiger partial charge in [-0.2, -0.15) is 0 Å². The van der Waals surface area contributed by atoms with Crippen molar-refractivity contribution in [3.63, 3.8) is 0 Å². The van der Waals surface area contributed by atoms with Crippen molar-refractivity contribution < 1.29 is 5.11 Å². The van der Waals surface area contributed by atoms with Crippen LogP contribution in [0, 0.1) is 0 Å². The second kappa shape index (κ2) is 4.58. The van der Waals surface area contributed by atoms with E-state index in [0.29, 0.717) is 0 Å². The number of rotatable bonds is 1. The van der Waals surface area contributed by atoms with Crippen molar-refractivity contribution in [2.45, 2.75) is 6.61 Å². The lowest BCUT2D eigenvalue weighted by atomic mass is 10.2. The molecule has 1 aromatic carbocycles. The smallest absolute Gasteiger partial charge is 0.187 e. The summed E-state index contributed by atoms with van der Waals surface area (Å²) in [5, 5.41) is 8.54. The first kappa shape index (κ1) is 8.71. The summed E-state index contributed by atoms with van der Waals surface area (Å²) >= 11 is 0. The van der Waals surface area contributed by atoms with Gasteiger partial charge in [0, 0.05) is 0 Å². The highest BCUT2D eigenvalue weighted by molar-refractivity contribution is 5.75. The Balaban J connectivity index is 0.000000640. The predicted octanol–water partition coefficient (Wildman–Crippen LogP) is -0.00500. The monoisotopic (exact) mass is 138 g/mol. The van der Waals surface area contributed by atoms with E-state index in [2.05, 4.69) is 0 Å². The number of benzene rings is 1. The van der Waals surface area contributed by atoms with Gasteiger partial charge in [0.2, 0.25) is 0 Å². The Morgan fingerprint density at radius 3 is 2.00 bits per heavy atom. The van der Waals surface area contributed by atoms with Gasteiger partial charge >= 0.3 is 0 Å². The molecule has 48 valence electrons. The molecule has 1 N–H and O–H groups in total. The lowest BCUT2D eigenvalue weighted by molar-refractivity contribution is 0.282. The van der Waals surface area contributed by atoms with Crippen LogP contribution in [0.25, 0.3) is 0 Å². The van der Waals surface area contributed by atoms with Gasteiger partial charge in [-0.25, -0.2) is 0 Å². The molecule has 1 nitrogen and oxygen atoms in total. The molecule has 2 heteroatoms. The van der Waals surface area contributed by atoms with Crippen LogP contribution in [-0.2, 0) is 6.61 Å². The summed E-state index contributed by atoms with van der Waals surface area (Å²) in [5.74, 6) is 0. The Morgan fingerprint density at radius 1 is 1.11 bits per heavy atom. The zero-order valence-electron chi connectivity index (χ0n) is 4.54. The molecule has 0 spiro atoms. The Hall–Kier alpha value is -0.288. The normalized spacial score (nSPS) is 8.11. The average Bonchev–Trinajstić information content (AvgIpc) is 1.90.